The first-order valence-electron chi connectivity index (χ1n) is 5.55. The van der Waals surface area contributed by atoms with Crippen molar-refractivity contribution in [2.24, 2.45) is 5.73 Å². The number of aromatic nitrogens is 1. The largest absolute Gasteiger partial charge is 0.326 e. The average Bonchev–Trinajstić information content (AvgIpc) is 2.27. The molecule has 1 aliphatic carbocycles. The zero-order valence-electron chi connectivity index (χ0n) is 8.84. The zero-order valence-corrected chi connectivity index (χ0v) is 8.84. The van der Waals surface area contributed by atoms with Crippen LogP contribution in [0.4, 0.5) is 0 Å². The fourth-order valence-electron chi connectivity index (χ4n) is 2.40. The quantitative estimate of drug-likeness (QED) is 0.774. The monoisotopic (exact) mass is 190 g/mol. The lowest BCUT2D eigenvalue weighted by Crippen LogP contribution is -2.12. The summed E-state index contributed by atoms with van der Waals surface area (Å²) in [5.41, 5.74) is 11.3. The molecule has 14 heavy (non-hydrogen) atoms. The van der Waals surface area contributed by atoms with E-state index in [0.29, 0.717) is 6.54 Å². The van der Waals surface area contributed by atoms with Crippen LogP contribution in [-0.2, 0) is 25.8 Å². The molecule has 0 aliphatic heterocycles. The molecule has 1 aromatic heterocycles. The van der Waals surface area contributed by atoms with Crippen molar-refractivity contribution in [3.8, 4) is 0 Å². The van der Waals surface area contributed by atoms with Crippen molar-refractivity contribution in [2.45, 2.75) is 45.6 Å². The van der Waals surface area contributed by atoms with Crippen LogP contribution < -0.4 is 5.73 Å². The van der Waals surface area contributed by atoms with E-state index >= 15 is 0 Å². The van der Waals surface area contributed by atoms with E-state index in [0.717, 1.165) is 12.8 Å². The minimum absolute atomic E-state index is 0.628. The first-order chi connectivity index (χ1) is 6.86. The molecule has 0 fully saturated rings. The van der Waals surface area contributed by atoms with E-state index in [9.17, 15) is 0 Å². The summed E-state index contributed by atoms with van der Waals surface area (Å²) in [7, 11) is 0. The van der Waals surface area contributed by atoms with Crippen LogP contribution in [0.5, 0.6) is 0 Å². The highest BCUT2D eigenvalue weighted by Gasteiger charge is 2.15. The number of hydrogen-bond acceptors (Lipinski definition) is 2. The molecule has 0 amide bonds. The van der Waals surface area contributed by atoms with E-state index in [1.54, 1.807) is 0 Å². The Bertz CT molecular complexity index is 316. The van der Waals surface area contributed by atoms with Crippen LogP contribution in [0.25, 0.3) is 0 Å². The summed E-state index contributed by atoms with van der Waals surface area (Å²) in [6.45, 7) is 2.84. The van der Waals surface area contributed by atoms with Gasteiger partial charge in [0.2, 0.25) is 0 Å². The third-order valence-electron chi connectivity index (χ3n) is 3.14. The van der Waals surface area contributed by atoms with Crippen molar-refractivity contribution < 1.29 is 0 Å². The predicted molar refractivity (Wildman–Crippen MR) is 58.1 cm³/mol. The van der Waals surface area contributed by atoms with Gasteiger partial charge in [-0.1, -0.05) is 6.92 Å². The van der Waals surface area contributed by atoms with Crippen LogP contribution in [0.15, 0.2) is 6.20 Å². The Labute approximate surface area is 85.5 Å². The van der Waals surface area contributed by atoms with E-state index in [2.05, 4.69) is 11.9 Å². The van der Waals surface area contributed by atoms with Gasteiger partial charge in [0.1, 0.15) is 0 Å². The van der Waals surface area contributed by atoms with Gasteiger partial charge in [-0.05, 0) is 48.8 Å². The van der Waals surface area contributed by atoms with Crippen molar-refractivity contribution in [2.75, 3.05) is 0 Å². The van der Waals surface area contributed by atoms with Crippen LogP contribution >= 0.6 is 0 Å². The molecule has 0 saturated carbocycles. The van der Waals surface area contributed by atoms with E-state index in [1.165, 1.54) is 41.6 Å². The summed E-state index contributed by atoms with van der Waals surface area (Å²) in [6, 6.07) is 0. The number of hydrogen-bond donors (Lipinski definition) is 1. The van der Waals surface area contributed by atoms with Gasteiger partial charge < -0.3 is 5.73 Å². The van der Waals surface area contributed by atoms with Gasteiger partial charge in [-0.15, -0.1) is 0 Å². The fraction of sp³-hybridized carbons (Fsp3) is 0.583. The second-order valence-electron chi connectivity index (χ2n) is 3.95. The number of rotatable bonds is 2. The van der Waals surface area contributed by atoms with Gasteiger partial charge in [0.05, 0.1) is 0 Å². The molecule has 76 valence electrons. The summed E-state index contributed by atoms with van der Waals surface area (Å²) in [5.74, 6) is 0. The Hall–Kier alpha value is -0.890. The molecule has 1 aromatic rings. The molecular formula is C12H18N2. The van der Waals surface area contributed by atoms with Crippen LogP contribution in [-0.4, -0.2) is 4.98 Å². The molecule has 0 spiro atoms. The normalized spacial score (nSPS) is 15.3. The highest BCUT2D eigenvalue weighted by molar-refractivity contribution is 5.38. The van der Waals surface area contributed by atoms with E-state index in [1.807, 2.05) is 6.20 Å². The highest BCUT2D eigenvalue weighted by atomic mass is 14.7. The third-order valence-corrected chi connectivity index (χ3v) is 3.14. The Morgan fingerprint density at radius 1 is 1.36 bits per heavy atom. The lowest BCUT2D eigenvalue weighted by atomic mass is 9.89. The lowest BCUT2D eigenvalue weighted by Gasteiger charge is -2.20. The molecule has 0 aromatic carbocycles. The lowest BCUT2D eigenvalue weighted by molar-refractivity contribution is 0.657. The molecule has 2 nitrogen and oxygen atoms in total. The van der Waals surface area contributed by atoms with Gasteiger partial charge in [-0.25, -0.2) is 0 Å². The SMILES string of the molecule is CCc1c(CN)cnc2c1CCCC2. The summed E-state index contributed by atoms with van der Waals surface area (Å²) in [6.07, 6.45) is 8.05. The van der Waals surface area contributed by atoms with Crippen molar-refractivity contribution in [1.29, 1.82) is 0 Å². The maximum Gasteiger partial charge on any atom is 0.0438 e. The smallest absolute Gasteiger partial charge is 0.0438 e. The summed E-state index contributed by atoms with van der Waals surface area (Å²) < 4.78 is 0. The van der Waals surface area contributed by atoms with Gasteiger partial charge >= 0.3 is 0 Å². The number of nitrogens with zero attached hydrogens (tertiary/aromatic N) is 1. The van der Waals surface area contributed by atoms with E-state index < -0.39 is 0 Å². The molecular weight excluding hydrogens is 172 g/mol. The molecule has 0 bridgehead atoms. The minimum atomic E-state index is 0.628. The summed E-state index contributed by atoms with van der Waals surface area (Å²) in [5, 5.41) is 0. The molecule has 0 atom stereocenters. The second kappa shape index (κ2) is 4.09. The van der Waals surface area contributed by atoms with Crippen molar-refractivity contribution in [3.63, 3.8) is 0 Å². The fourth-order valence-corrected chi connectivity index (χ4v) is 2.40. The molecule has 2 rings (SSSR count). The van der Waals surface area contributed by atoms with Crippen LogP contribution in [0.3, 0.4) is 0 Å². The highest BCUT2D eigenvalue weighted by Crippen LogP contribution is 2.25. The van der Waals surface area contributed by atoms with Gasteiger partial charge in [0.15, 0.2) is 0 Å². The molecule has 2 N–H and O–H groups in total. The number of fused-ring (bicyclic) bond motifs is 1. The number of pyridine rings is 1. The zero-order chi connectivity index (χ0) is 9.97. The molecule has 0 saturated heterocycles. The Morgan fingerprint density at radius 2 is 2.14 bits per heavy atom. The van der Waals surface area contributed by atoms with Crippen molar-refractivity contribution in [1.82, 2.24) is 4.98 Å². The van der Waals surface area contributed by atoms with Crippen LogP contribution in [0.1, 0.15) is 42.1 Å². The standard InChI is InChI=1S/C12H18N2/c1-2-10-9(7-13)8-14-12-6-4-3-5-11(10)12/h8H,2-7,13H2,1H3. The van der Waals surface area contributed by atoms with Crippen LogP contribution in [0, 0.1) is 0 Å². The van der Waals surface area contributed by atoms with Gasteiger partial charge in [-0.3, -0.25) is 4.98 Å². The van der Waals surface area contributed by atoms with Crippen LogP contribution in [0.2, 0.25) is 0 Å². The Kier molecular flexibility index (Phi) is 2.82. The molecule has 0 radical (unpaired) electrons. The first kappa shape index (κ1) is 9.66. The summed E-state index contributed by atoms with van der Waals surface area (Å²) in [4.78, 5) is 4.52. The van der Waals surface area contributed by atoms with Crippen molar-refractivity contribution in [3.05, 3.63) is 28.6 Å². The van der Waals surface area contributed by atoms with Crippen molar-refractivity contribution >= 4 is 0 Å². The number of nitrogens with two attached hydrogens (primary N) is 1. The first-order valence-corrected chi connectivity index (χ1v) is 5.55. The van der Waals surface area contributed by atoms with Gasteiger partial charge in [0.25, 0.3) is 0 Å². The van der Waals surface area contributed by atoms with Gasteiger partial charge in [-0.2, -0.15) is 0 Å². The maximum atomic E-state index is 5.72. The topological polar surface area (TPSA) is 38.9 Å². The minimum Gasteiger partial charge on any atom is -0.326 e. The predicted octanol–water partition coefficient (Wildman–Crippen LogP) is 1.98. The summed E-state index contributed by atoms with van der Waals surface area (Å²) >= 11 is 0. The molecule has 1 aliphatic rings. The Balaban J connectivity index is 2.50. The third kappa shape index (κ3) is 1.55. The van der Waals surface area contributed by atoms with Gasteiger partial charge in [0, 0.05) is 18.4 Å². The molecule has 2 heteroatoms. The molecule has 0 unspecified atom stereocenters. The Morgan fingerprint density at radius 3 is 2.86 bits per heavy atom. The maximum absolute atomic E-state index is 5.72. The number of aryl methyl sites for hydroxylation is 1. The molecule has 1 heterocycles. The van der Waals surface area contributed by atoms with E-state index in [4.69, 9.17) is 5.73 Å². The average molecular weight is 190 g/mol. The van der Waals surface area contributed by atoms with E-state index in [-0.39, 0.29) is 0 Å². The second-order valence-corrected chi connectivity index (χ2v) is 3.95.